The van der Waals surface area contributed by atoms with Gasteiger partial charge in [-0.25, -0.2) is 13.8 Å². The Morgan fingerprint density at radius 2 is 2.20 bits per heavy atom. The number of ether oxygens (including phenoxy) is 1. The lowest BCUT2D eigenvalue weighted by atomic mass is 9.85. The molecule has 0 aromatic carbocycles. The van der Waals surface area contributed by atoms with Crippen LogP contribution in [-0.2, 0) is 11.3 Å². The molecule has 1 amide bonds. The maximum atomic E-state index is 13.5. The number of aliphatic hydroxyl groups is 1. The highest BCUT2D eigenvalue weighted by Gasteiger charge is 2.37. The Kier molecular flexibility index (Phi) is 8.45. The van der Waals surface area contributed by atoms with Crippen molar-refractivity contribution in [3.8, 4) is 5.88 Å². The molecule has 188 valence electrons. The Balaban J connectivity index is 1.74. The number of nitrogens with one attached hydrogen (secondary N) is 1. The number of carbonyl (C=O) groups excluding carboxylic acids is 1. The molecule has 2 N–H and O–H groups in total. The lowest BCUT2D eigenvalue weighted by Crippen LogP contribution is -2.34. The molecule has 10 heteroatoms. The predicted octanol–water partition coefficient (Wildman–Crippen LogP) is 4.50. The second-order valence-corrected chi connectivity index (χ2v) is 9.27. The van der Waals surface area contributed by atoms with Crippen molar-refractivity contribution in [1.29, 1.82) is 0 Å². The van der Waals surface area contributed by atoms with Crippen LogP contribution in [-0.4, -0.2) is 51.5 Å². The first-order chi connectivity index (χ1) is 16.5. The van der Waals surface area contributed by atoms with Gasteiger partial charge >= 0.3 is 0 Å². The standard InChI is InChI=1S/C25H29ClF2N4O3/c1-15(2)25(4,24(27)28)14-35-23-20(26)9-17(11-30-23)12-32-13-19-18(22(34)29-10-16(3)33)7-5-6-8-21(19)31-32/h6-9,11,13,16,24,33H,1,5,10,12,14H2,2-4H3,(H,29,34)/t16-,25?/m0/s1. The Labute approximate surface area is 208 Å². The normalized spacial score (nSPS) is 15.6. The van der Waals surface area contributed by atoms with Gasteiger partial charge in [0.05, 0.1) is 23.8 Å². The van der Waals surface area contributed by atoms with Gasteiger partial charge in [-0.1, -0.05) is 35.9 Å². The maximum absolute atomic E-state index is 13.5. The minimum Gasteiger partial charge on any atom is -0.475 e. The molecular formula is C25H29ClF2N4O3. The summed E-state index contributed by atoms with van der Waals surface area (Å²) in [6, 6.07) is 1.64. The number of allylic oxidation sites excluding steroid dienone is 2. The van der Waals surface area contributed by atoms with Gasteiger partial charge in [-0.3, -0.25) is 9.48 Å². The van der Waals surface area contributed by atoms with E-state index in [1.54, 1.807) is 23.9 Å². The van der Waals surface area contributed by atoms with E-state index in [-0.39, 0.29) is 30.0 Å². The molecule has 0 saturated carbocycles. The van der Waals surface area contributed by atoms with Crippen LogP contribution in [0, 0.1) is 5.41 Å². The number of alkyl halides is 2. The zero-order chi connectivity index (χ0) is 25.8. The molecule has 2 aromatic rings. The lowest BCUT2D eigenvalue weighted by molar-refractivity contribution is -0.116. The van der Waals surface area contributed by atoms with Crippen LogP contribution in [0.2, 0.25) is 5.02 Å². The first-order valence-electron chi connectivity index (χ1n) is 11.1. The molecule has 1 aliphatic carbocycles. The van der Waals surface area contributed by atoms with Gasteiger partial charge in [-0.15, -0.1) is 0 Å². The molecule has 2 atom stereocenters. The van der Waals surface area contributed by atoms with Crippen molar-refractivity contribution < 1.29 is 23.4 Å². The minimum absolute atomic E-state index is 0.0581. The van der Waals surface area contributed by atoms with E-state index < -0.39 is 17.9 Å². The van der Waals surface area contributed by atoms with Gasteiger partial charge in [0.15, 0.2) is 0 Å². The fourth-order valence-corrected chi connectivity index (χ4v) is 3.55. The van der Waals surface area contributed by atoms with Crippen LogP contribution in [0.25, 0.3) is 11.6 Å². The van der Waals surface area contributed by atoms with E-state index in [2.05, 4.69) is 22.0 Å². The smallest absolute Gasteiger partial charge is 0.251 e. The summed E-state index contributed by atoms with van der Waals surface area (Å²) in [5, 5.41) is 16.9. The summed E-state index contributed by atoms with van der Waals surface area (Å²) in [4.78, 5) is 16.8. The number of aromatic nitrogens is 3. The number of rotatable bonds is 10. The highest BCUT2D eigenvalue weighted by atomic mass is 35.5. The number of aliphatic hydroxyl groups excluding tert-OH is 1. The second-order valence-electron chi connectivity index (χ2n) is 8.86. The summed E-state index contributed by atoms with van der Waals surface area (Å²) < 4.78 is 34.1. The molecule has 0 aliphatic heterocycles. The number of nitrogens with zero attached hydrogens (tertiary/aromatic N) is 3. The van der Waals surface area contributed by atoms with Gasteiger partial charge in [-0.05, 0) is 44.9 Å². The summed E-state index contributed by atoms with van der Waals surface area (Å²) in [6.07, 6.45) is 6.16. The molecule has 35 heavy (non-hydrogen) atoms. The molecule has 3 rings (SSSR count). The van der Waals surface area contributed by atoms with E-state index in [4.69, 9.17) is 16.3 Å². The van der Waals surface area contributed by atoms with Crippen molar-refractivity contribution >= 4 is 29.2 Å². The van der Waals surface area contributed by atoms with E-state index >= 15 is 0 Å². The second kappa shape index (κ2) is 11.1. The SMILES string of the molecule is C=C(C)C(C)(COc1ncc(Cn2cc3c(n2)C=CCC=C3C(=O)NC[C@H](C)O)cc1Cl)C(F)F. The molecule has 2 heterocycles. The highest BCUT2D eigenvalue weighted by Crippen LogP contribution is 2.34. The van der Waals surface area contributed by atoms with Crippen molar-refractivity contribution in [2.45, 2.75) is 46.3 Å². The topological polar surface area (TPSA) is 89.3 Å². The van der Waals surface area contributed by atoms with Gasteiger partial charge in [0, 0.05) is 30.1 Å². The van der Waals surface area contributed by atoms with Crippen LogP contribution in [0.3, 0.4) is 0 Å². The average molecular weight is 507 g/mol. The summed E-state index contributed by atoms with van der Waals surface area (Å²) in [5.41, 5.74) is 1.30. The summed E-state index contributed by atoms with van der Waals surface area (Å²) in [5.74, 6) is -0.227. The largest absolute Gasteiger partial charge is 0.475 e. The van der Waals surface area contributed by atoms with Crippen molar-refractivity contribution in [1.82, 2.24) is 20.1 Å². The molecule has 0 radical (unpaired) electrons. The zero-order valence-electron chi connectivity index (χ0n) is 19.9. The summed E-state index contributed by atoms with van der Waals surface area (Å²) >= 11 is 6.31. The van der Waals surface area contributed by atoms with Crippen LogP contribution >= 0.6 is 11.6 Å². The van der Waals surface area contributed by atoms with Crippen LogP contribution in [0.1, 0.15) is 44.0 Å². The van der Waals surface area contributed by atoms with E-state index in [0.29, 0.717) is 40.9 Å². The van der Waals surface area contributed by atoms with Crippen molar-refractivity contribution in [2.24, 2.45) is 5.41 Å². The minimum atomic E-state index is -2.64. The van der Waals surface area contributed by atoms with Gasteiger partial charge in [-0.2, -0.15) is 5.10 Å². The number of hydrogen-bond donors (Lipinski definition) is 2. The number of amides is 1. The van der Waals surface area contributed by atoms with Crippen molar-refractivity contribution in [3.63, 3.8) is 0 Å². The highest BCUT2D eigenvalue weighted by molar-refractivity contribution is 6.31. The Morgan fingerprint density at radius 3 is 2.83 bits per heavy atom. The summed E-state index contributed by atoms with van der Waals surface area (Å²) in [7, 11) is 0. The van der Waals surface area contributed by atoms with Crippen LogP contribution in [0.15, 0.2) is 42.8 Å². The number of carbonyl (C=O) groups is 1. The fourth-order valence-electron chi connectivity index (χ4n) is 3.31. The average Bonchev–Trinajstić information content (AvgIpc) is 3.07. The molecule has 0 bridgehead atoms. The Bertz CT molecular complexity index is 1160. The van der Waals surface area contributed by atoms with E-state index in [1.165, 1.54) is 20.0 Å². The molecule has 0 fully saturated rings. The van der Waals surface area contributed by atoms with Crippen molar-refractivity contribution in [3.05, 3.63) is 64.6 Å². The van der Waals surface area contributed by atoms with E-state index in [1.807, 2.05) is 18.2 Å². The van der Waals surface area contributed by atoms with Gasteiger partial charge in [0.2, 0.25) is 5.88 Å². The fraction of sp³-hybridized carbons (Fsp3) is 0.400. The first kappa shape index (κ1) is 26.6. The van der Waals surface area contributed by atoms with Crippen LogP contribution < -0.4 is 10.1 Å². The number of fused-ring (bicyclic) bond motifs is 1. The third-order valence-electron chi connectivity index (χ3n) is 5.79. The van der Waals surface area contributed by atoms with Gasteiger partial charge < -0.3 is 15.2 Å². The monoisotopic (exact) mass is 506 g/mol. The van der Waals surface area contributed by atoms with E-state index in [0.717, 1.165) is 0 Å². The quantitative estimate of drug-likeness (QED) is 0.463. The third kappa shape index (κ3) is 6.35. The summed E-state index contributed by atoms with van der Waals surface area (Å²) in [6.45, 7) is 8.31. The lowest BCUT2D eigenvalue weighted by Gasteiger charge is -2.28. The Morgan fingerprint density at radius 1 is 1.46 bits per heavy atom. The molecule has 1 unspecified atom stereocenters. The molecular weight excluding hydrogens is 478 g/mol. The maximum Gasteiger partial charge on any atom is 0.251 e. The van der Waals surface area contributed by atoms with Crippen LogP contribution in [0.4, 0.5) is 8.78 Å². The van der Waals surface area contributed by atoms with E-state index in [9.17, 15) is 18.7 Å². The predicted molar refractivity (Wildman–Crippen MR) is 131 cm³/mol. The van der Waals surface area contributed by atoms with Crippen molar-refractivity contribution in [2.75, 3.05) is 13.2 Å². The first-order valence-corrected chi connectivity index (χ1v) is 11.5. The molecule has 0 spiro atoms. The van der Waals surface area contributed by atoms with Crippen LogP contribution in [0.5, 0.6) is 5.88 Å². The number of hydrogen-bond acceptors (Lipinski definition) is 5. The Hall–Kier alpha value is -3.04. The number of pyridine rings is 1. The van der Waals surface area contributed by atoms with Gasteiger partial charge in [0.25, 0.3) is 12.3 Å². The molecule has 7 nitrogen and oxygen atoms in total. The number of halogens is 3. The molecule has 1 aliphatic rings. The molecule has 2 aromatic heterocycles. The third-order valence-corrected chi connectivity index (χ3v) is 6.06. The zero-order valence-corrected chi connectivity index (χ0v) is 20.6. The van der Waals surface area contributed by atoms with Gasteiger partial charge in [0.1, 0.15) is 11.6 Å². The molecule has 0 saturated heterocycles.